The molecule has 6 nitrogen and oxygen atoms in total. The van der Waals surface area contributed by atoms with Crippen molar-refractivity contribution in [3.8, 4) is 0 Å². The molecule has 128 valence electrons. The summed E-state index contributed by atoms with van der Waals surface area (Å²) < 4.78 is 1.57. The fourth-order valence-corrected chi connectivity index (χ4v) is 3.36. The number of benzene rings is 1. The number of thioether (sulfide) groups is 1. The first kappa shape index (κ1) is 17.4. The largest absolute Gasteiger partial charge is 0.323 e. The summed E-state index contributed by atoms with van der Waals surface area (Å²) in [6.07, 6.45) is 1.55. The van der Waals surface area contributed by atoms with E-state index >= 15 is 0 Å². The SMILES string of the molecule is CCn1c(SCC(=O)Nc2cccnc2Cl)nc2ccccc2c1=O. The molecule has 3 aromatic rings. The summed E-state index contributed by atoms with van der Waals surface area (Å²) in [5.74, 6) is -0.138. The zero-order valence-corrected chi connectivity index (χ0v) is 15.0. The molecule has 0 saturated carbocycles. The number of rotatable bonds is 5. The fourth-order valence-electron chi connectivity index (χ4n) is 2.33. The molecule has 1 amide bonds. The van der Waals surface area contributed by atoms with Crippen molar-refractivity contribution in [2.45, 2.75) is 18.6 Å². The fraction of sp³-hybridized carbons (Fsp3) is 0.176. The number of fused-ring (bicyclic) bond motifs is 1. The second-order valence-electron chi connectivity index (χ2n) is 5.14. The number of hydrogen-bond donors (Lipinski definition) is 1. The molecule has 0 radical (unpaired) electrons. The normalized spacial score (nSPS) is 10.8. The minimum absolute atomic E-state index is 0.105. The standard InChI is InChI=1S/C17H15ClN4O2S/c1-2-22-16(24)11-6-3-4-7-12(11)21-17(22)25-10-14(23)20-13-8-5-9-19-15(13)18/h3-9H,2,10H2,1H3,(H,20,23). The van der Waals surface area contributed by atoms with E-state index < -0.39 is 0 Å². The number of pyridine rings is 1. The number of carbonyl (C=O) groups is 1. The Morgan fingerprint density at radius 3 is 2.84 bits per heavy atom. The van der Waals surface area contributed by atoms with Crippen LogP contribution in [0.15, 0.2) is 52.5 Å². The lowest BCUT2D eigenvalue weighted by Gasteiger charge is -2.11. The molecule has 0 aliphatic heterocycles. The lowest BCUT2D eigenvalue weighted by Crippen LogP contribution is -2.23. The molecular weight excluding hydrogens is 360 g/mol. The zero-order chi connectivity index (χ0) is 17.8. The van der Waals surface area contributed by atoms with Gasteiger partial charge in [-0.1, -0.05) is 35.5 Å². The van der Waals surface area contributed by atoms with Crippen LogP contribution in [-0.4, -0.2) is 26.2 Å². The van der Waals surface area contributed by atoms with E-state index in [4.69, 9.17) is 11.6 Å². The average molecular weight is 375 g/mol. The highest BCUT2D eigenvalue weighted by Crippen LogP contribution is 2.20. The van der Waals surface area contributed by atoms with Crippen molar-refractivity contribution in [3.05, 3.63) is 58.1 Å². The molecule has 1 aromatic carbocycles. The number of hydrogen-bond acceptors (Lipinski definition) is 5. The van der Waals surface area contributed by atoms with Gasteiger partial charge >= 0.3 is 0 Å². The molecule has 2 aromatic heterocycles. The van der Waals surface area contributed by atoms with Gasteiger partial charge in [0.2, 0.25) is 5.91 Å². The van der Waals surface area contributed by atoms with Gasteiger partial charge in [-0.15, -0.1) is 0 Å². The summed E-state index contributed by atoms with van der Waals surface area (Å²) in [5, 5.41) is 4.01. The van der Waals surface area contributed by atoms with E-state index in [1.807, 2.05) is 19.1 Å². The Kier molecular flexibility index (Phi) is 5.35. The molecule has 0 saturated heterocycles. The summed E-state index contributed by atoms with van der Waals surface area (Å²) in [6.45, 7) is 2.35. The van der Waals surface area contributed by atoms with E-state index in [9.17, 15) is 9.59 Å². The quantitative estimate of drug-likeness (QED) is 0.421. The predicted molar refractivity (Wildman–Crippen MR) is 100 cm³/mol. The number of halogens is 1. The number of anilines is 1. The molecule has 25 heavy (non-hydrogen) atoms. The summed E-state index contributed by atoms with van der Waals surface area (Å²) in [6, 6.07) is 10.5. The Hall–Kier alpha value is -2.38. The number of nitrogens with one attached hydrogen (secondary N) is 1. The van der Waals surface area contributed by atoms with Crippen molar-refractivity contribution in [1.82, 2.24) is 14.5 Å². The van der Waals surface area contributed by atoms with Gasteiger partial charge in [0.1, 0.15) is 0 Å². The van der Waals surface area contributed by atoms with Crippen LogP contribution in [0.5, 0.6) is 0 Å². The average Bonchev–Trinajstić information content (AvgIpc) is 2.62. The molecule has 0 fully saturated rings. The Morgan fingerprint density at radius 2 is 2.08 bits per heavy atom. The van der Waals surface area contributed by atoms with Crippen molar-refractivity contribution in [3.63, 3.8) is 0 Å². The van der Waals surface area contributed by atoms with E-state index in [0.29, 0.717) is 28.3 Å². The Balaban J connectivity index is 1.80. The van der Waals surface area contributed by atoms with Gasteiger partial charge in [0, 0.05) is 12.7 Å². The number of aromatic nitrogens is 3. The summed E-state index contributed by atoms with van der Waals surface area (Å²) in [4.78, 5) is 33.1. The Labute approximate surface area is 153 Å². The molecule has 2 heterocycles. The number of nitrogens with zero attached hydrogens (tertiary/aromatic N) is 3. The van der Waals surface area contributed by atoms with Gasteiger partial charge in [0.15, 0.2) is 10.3 Å². The molecule has 0 bridgehead atoms. The van der Waals surface area contributed by atoms with Crippen LogP contribution in [0.3, 0.4) is 0 Å². The van der Waals surface area contributed by atoms with Crippen LogP contribution < -0.4 is 10.9 Å². The third-order valence-electron chi connectivity index (χ3n) is 3.51. The van der Waals surface area contributed by atoms with Gasteiger partial charge in [-0.2, -0.15) is 0 Å². The van der Waals surface area contributed by atoms with Crippen molar-refractivity contribution >= 4 is 45.9 Å². The van der Waals surface area contributed by atoms with E-state index in [1.54, 1.807) is 35.0 Å². The maximum Gasteiger partial charge on any atom is 0.262 e. The second kappa shape index (κ2) is 7.67. The molecule has 3 rings (SSSR count). The number of carbonyl (C=O) groups excluding carboxylic acids is 1. The molecule has 0 aliphatic rings. The van der Waals surface area contributed by atoms with Gasteiger partial charge < -0.3 is 5.32 Å². The molecule has 1 N–H and O–H groups in total. The first-order chi connectivity index (χ1) is 12.1. The second-order valence-corrected chi connectivity index (χ2v) is 6.44. The Morgan fingerprint density at radius 1 is 1.28 bits per heavy atom. The van der Waals surface area contributed by atoms with Crippen molar-refractivity contribution in [1.29, 1.82) is 0 Å². The van der Waals surface area contributed by atoms with Gasteiger partial charge in [-0.25, -0.2) is 9.97 Å². The third kappa shape index (κ3) is 3.83. The molecule has 0 spiro atoms. The lowest BCUT2D eigenvalue weighted by atomic mass is 10.2. The number of amides is 1. The monoisotopic (exact) mass is 374 g/mol. The topological polar surface area (TPSA) is 76.9 Å². The van der Waals surface area contributed by atoms with Crippen LogP contribution in [-0.2, 0) is 11.3 Å². The number of para-hydroxylation sites is 1. The van der Waals surface area contributed by atoms with Gasteiger partial charge in [-0.3, -0.25) is 14.2 Å². The van der Waals surface area contributed by atoms with Gasteiger partial charge in [0.25, 0.3) is 5.56 Å². The highest BCUT2D eigenvalue weighted by molar-refractivity contribution is 7.99. The summed E-state index contributed by atoms with van der Waals surface area (Å²) in [5.41, 5.74) is 0.968. The molecule has 0 atom stereocenters. The maximum absolute atomic E-state index is 12.5. The van der Waals surface area contributed by atoms with Crippen LogP contribution in [0.1, 0.15) is 6.92 Å². The maximum atomic E-state index is 12.5. The van der Waals surface area contributed by atoms with Crippen LogP contribution >= 0.6 is 23.4 Å². The first-order valence-electron chi connectivity index (χ1n) is 7.63. The van der Waals surface area contributed by atoms with E-state index in [2.05, 4.69) is 15.3 Å². The first-order valence-corrected chi connectivity index (χ1v) is 8.99. The van der Waals surface area contributed by atoms with Crippen LogP contribution in [0.4, 0.5) is 5.69 Å². The molecule has 0 aliphatic carbocycles. The van der Waals surface area contributed by atoms with E-state index in [0.717, 1.165) is 0 Å². The van der Waals surface area contributed by atoms with Crippen LogP contribution in [0.25, 0.3) is 10.9 Å². The van der Waals surface area contributed by atoms with Crippen LogP contribution in [0, 0.1) is 0 Å². The van der Waals surface area contributed by atoms with E-state index in [-0.39, 0.29) is 22.4 Å². The van der Waals surface area contributed by atoms with E-state index in [1.165, 1.54) is 11.8 Å². The predicted octanol–water partition coefficient (Wildman–Crippen LogP) is 3.20. The molecular formula is C17H15ClN4O2S. The van der Waals surface area contributed by atoms with Crippen molar-refractivity contribution < 1.29 is 4.79 Å². The Bertz CT molecular complexity index is 990. The minimum Gasteiger partial charge on any atom is -0.323 e. The van der Waals surface area contributed by atoms with Gasteiger partial charge in [-0.05, 0) is 31.2 Å². The smallest absolute Gasteiger partial charge is 0.262 e. The molecule has 8 heteroatoms. The minimum atomic E-state index is -0.245. The van der Waals surface area contributed by atoms with Crippen molar-refractivity contribution in [2.75, 3.05) is 11.1 Å². The van der Waals surface area contributed by atoms with Crippen LogP contribution in [0.2, 0.25) is 5.15 Å². The zero-order valence-electron chi connectivity index (χ0n) is 13.4. The summed E-state index contributed by atoms with van der Waals surface area (Å²) in [7, 11) is 0. The molecule has 0 unspecified atom stereocenters. The van der Waals surface area contributed by atoms with Gasteiger partial charge in [0.05, 0.1) is 22.3 Å². The third-order valence-corrected chi connectivity index (χ3v) is 4.79. The highest BCUT2D eigenvalue weighted by atomic mass is 35.5. The summed E-state index contributed by atoms with van der Waals surface area (Å²) >= 11 is 7.14. The highest BCUT2D eigenvalue weighted by Gasteiger charge is 2.13. The van der Waals surface area contributed by atoms with Crippen molar-refractivity contribution in [2.24, 2.45) is 0 Å². The lowest BCUT2D eigenvalue weighted by molar-refractivity contribution is -0.113.